The average molecular weight is 432 g/mol. The van der Waals surface area contributed by atoms with Crippen molar-refractivity contribution in [2.24, 2.45) is 0 Å². The van der Waals surface area contributed by atoms with Crippen LogP contribution in [0.2, 0.25) is 0 Å². The zero-order valence-electron chi connectivity index (χ0n) is 17.8. The normalized spacial score (nSPS) is 12.1. The van der Waals surface area contributed by atoms with Gasteiger partial charge in [0.15, 0.2) is 0 Å². The van der Waals surface area contributed by atoms with Crippen molar-refractivity contribution in [1.82, 2.24) is 10.6 Å². The summed E-state index contributed by atoms with van der Waals surface area (Å²) in [6, 6.07) is 11.5. The fourth-order valence-corrected chi connectivity index (χ4v) is 3.84. The molecule has 7 nitrogen and oxygen atoms in total. The molecule has 0 fully saturated rings. The van der Waals surface area contributed by atoms with E-state index in [4.69, 9.17) is 0 Å². The summed E-state index contributed by atoms with van der Waals surface area (Å²) in [5.41, 5.74) is 2.28. The second-order valence-corrected chi connectivity index (χ2v) is 9.02. The Labute approximate surface area is 178 Å². The van der Waals surface area contributed by atoms with E-state index in [-0.39, 0.29) is 35.4 Å². The van der Waals surface area contributed by atoms with Gasteiger partial charge in [0.05, 0.1) is 4.90 Å². The van der Waals surface area contributed by atoms with Gasteiger partial charge in [0.1, 0.15) is 0 Å². The van der Waals surface area contributed by atoms with Crippen molar-refractivity contribution in [2.45, 2.75) is 51.5 Å². The highest BCUT2D eigenvalue weighted by Gasteiger charge is 2.18. The molecule has 0 aliphatic rings. The van der Waals surface area contributed by atoms with Crippen molar-refractivity contribution >= 4 is 27.5 Å². The summed E-state index contributed by atoms with van der Waals surface area (Å²) in [6.45, 7) is 7.66. The average Bonchev–Trinajstić information content (AvgIpc) is 2.67. The molecule has 8 heteroatoms. The van der Waals surface area contributed by atoms with Crippen LogP contribution >= 0.6 is 0 Å². The van der Waals surface area contributed by atoms with Crippen LogP contribution in [0.5, 0.6) is 0 Å². The van der Waals surface area contributed by atoms with Crippen LogP contribution in [0.15, 0.2) is 47.4 Å². The summed E-state index contributed by atoms with van der Waals surface area (Å²) in [6.07, 6.45) is 0.983. The van der Waals surface area contributed by atoms with Crippen molar-refractivity contribution < 1.29 is 18.0 Å². The van der Waals surface area contributed by atoms with Crippen LogP contribution in [0.4, 0.5) is 5.69 Å². The molecule has 1 unspecified atom stereocenters. The molecule has 0 saturated heterocycles. The Balaban J connectivity index is 2.08. The molecule has 2 aromatic carbocycles. The van der Waals surface area contributed by atoms with Crippen LogP contribution in [-0.4, -0.2) is 32.8 Å². The third kappa shape index (κ3) is 6.59. The van der Waals surface area contributed by atoms with E-state index in [1.807, 2.05) is 26.8 Å². The van der Waals surface area contributed by atoms with Crippen molar-refractivity contribution in [1.29, 1.82) is 0 Å². The lowest BCUT2D eigenvalue weighted by atomic mass is 10.1. The molecule has 0 spiro atoms. The molecule has 30 heavy (non-hydrogen) atoms. The number of rotatable bonds is 9. The Hall–Kier alpha value is -2.87. The Morgan fingerprint density at radius 1 is 1.07 bits per heavy atom. The largest absolute Gasteiger partial charge is 0.354 e. The summed E-state index contributed by atoms with van der Waals surface area (Å²) < 4.78 is 28.0. The minimum absolute atomic E-state index is 0.00531. The van der Waals surface area contributed by atoms with Crippen molar-refractivity contribution in [3.05, 3.63) is 59.2 Å². The summed E-state index contributed by atoms with van der Waals surface area (Å²) in [4.78, 5) is 24.4. The number of carbonyl (C=O) groups excluding carboxylic acids is 2. The number of amides is 2. The first-order valence-corrected chi connectivity index (χ1v) is 11.4. The number of hydrogen-bond acceptors (Lipinski definition) is 4. The van der Waals surface area contributed by atoms with Gasteiger partial charge in [-0.2, -0.15) is 0 Å². The topological polar surface area (TPSA) is 104 Å². The van der Waals surface area contributed by atoms with E-state index in [1.165, 1.54) is 12.1 Å². The molecule has 1 atom stereocenters. The number of aryl methyl sites for hydroxylation is 2. The molecule has 0 aliphatic heterocycles. The van der Waals surface area contributed by atoms with Gasteiger partial charge in [0.2, 0.25) is 5.91 Å². The summed E-state index contributed by atoms with van der Waals surface area (Å²) in [5.74, 6) is -0.559. The maximum Gasteiger partial charge on any atom is 0.261 e. The molecule has 0 bridgehead atoms. The van der Waals surface area contributed by atoms with Crippen LogP contribution in [-0.2, 0) is 14.8 Å². The van der Waals surface area contributed by atoms with E-state index in [1.54, 1.807) is 31.2 Å². The van der Waals surface area contributed by atoms with Gasteiger partial charge in [-0.25, -0.2) is 8.42 Å². The van der Waals surface area contributed by atoms with Crippen molar-refractivity contribution in [3.63, 3.8) is 0 Å². The van der Waals surface area contributed by atoms with E-state index in [0.717, 1.165) is 12.0 Å². The van der Waals surface area contributed by atoms with Crippen LogP contribution < -0.4 is 15.4 Å². The van der Waals surface area contributed by atoms with Crippen LogP contribution in [0.1, 0.15) is 48.2 Å². The van der Waals surface area contributed by atoms with E-state index in [0.29, 0.717) is 11.3 Å². The van der Waals surface area contributed by atoms with Gasteiger partial charge >= 0.3 is 0 Å². The Kier molecular flexibility index (Phi) is 8.00. The van der Waals surface area contributed by atoms with Gasteiger partial charge in [-0.05, 0) is 62.6 Å². The van der Waals surface area contributed by atoms with Crippen LogP contribution in [0, 0.1) is 13.8 Å². The summed E-state index contributed by atoms with van der Waals surface area (Å²) in [7, 11) is -3.85. The molecule has 0 radical (unpaired) electrons. The highest BCUT2D eigenvalue weighted by atomic mass is 32.2. The van der Waals surface area contributed by atoms with E-state index >= 15 is 0 Å². The van der Waals surface area contributed by atoms with Gasteiger partial charge in [-0.1, -0.05) is 25.1 Å². The lowest BCUT2D eigenvalue weighted by molar-refractivity contribution is -0.121. The molecule has 2 aromatic rings. The molecule has 2 amide bonds. The first-order chi connectivity index (χ1) is 14.1. The van der Waals surface area contributed by atoms with Gasteiger partial charge in [0.25, 0.3) is 15.9 Å². The zero-order chi connectivity index (χ0) is 22.3. The molecule has 0 aliphatic carbocycles. The predicted molar refractivity (Wildman–Crippen MR) is 118 cm³/mol. The van der Waals surface area contributed by atoms with Gasteiger partial charge in [-0.15, -0.1) is 0 Å². The lowest BCUT2D eigenvalue weighted by Gasteiger charge is -2.13. The quantitative estimate of drug-likeness (QED) is 0.567. The summed E-state index contributed by atoms with van der Waals surface area (Å²) >= 11 is 0. The fraction of sp³-hybridized carbons (Fsp3) is 0.364. The Bertz CT molecular complexity index is 1020. The maximum atomic E-state index is 12.7. The second kappa shape index (κ2) is 10.2. The molecule has 2 rings (SSSR count). The smallest absolute Gasteiger partial charge is 0.261 e. The molecule has 3 N–H and O–H groups in total. The molecular weight excluding hydrogens is 402 g/mol. The van der Waals surface area contributed by atoms with Gasteiger partial charge in [0, 0.05) is 30.3 Å². The van der Waals surface area contributed by atoms with E-state index in [9.17, 15) is 18.0 Å². The van der Waals surface area contributed by atoms with Crippen molar-refractivity contribution in [2.75, 3.05) is 11.3 Å². The number of anilines is 1. The van der Waals surface area contributed by atoms with Gasteiger partial charge < -0.3 is 10.6 Å². The highest BCUT2D eigenvalue weighted by molar-refractivity contribution is 7.92. The maximum absolute atomic E-state index is 12.7. The first kappa shape index (κ1) is 23.4. The second-order valence-electron chi connectivity index (χ2n) is 7.33. The van der Waals surface area contributed by atoms with E-state index in [2.05, 4.69) is 15.4 Å². The highest BCUT2D eigenvalue weighted by Crippen LogP contribution is 2.20. The molecule has 0 saturated carbocycles. The summed E-state index contributed by atoms with van der Waals surface area (Å²) in [5, 5.41) is 5.52. The monoisotopic (exact) mass is 431 g/mol. The standard InChI is InChI=1S/C22H29N3O4S/c1-5-17(4)24-21(26)11-12-23-22(27)20-14-19(10-9-16(20)3)30(28,29)25-18-8-6-7-15(2)13-18/h6-10,13-14,17,25H,5,11-12H2,1-4H3,(H,23,27)(H,24,26). The van der Waals surface area contributed by atoms with E-state index < -0.39 is 15.9 Å². The number of nitrogens with one attached hydrogen (secondary N) is 3. The minimum Gasteiger partial charge on any atom is -0.354 e. The van der Waals surface area contributed by atoms with Crippen molar-refractivity contribution in [3.8, 4) is 0 Å². The SMILES string of the molecule is CCC(C)NC(=O)CCNC(=O)c1cc(S(=O)(=O)Nc2cccc(C)c2)ccc1C. The lowest BCUT2D eigenvalue weighted by Crippen LogP contribution is -2.35. The molecular formula is C22H29N3O4S. The third-order valence-corrected chi connectivity index (χ3v) is 6.07. The zero-order valence-corrected chi connectivity index (χ0v) is 18.6. The number of hydrogen-bond donors (Lipinski definition) is 3. The Morgan fingerprint density at radius 2 is 1.80 bits per heavy atom. The van der Waals surface area contributed by atoms with Crippen LogP contribution in [0.25, 0.3) is 0 Å². The van der Waals surface area contributed by atoms with Crippen LogP contribution in [0.3, 0.4) is 0 Å². The predicted octanol–water partition coefficient (Wildman–Crippen LogP) is 3.14. The third-order valence-electron chi connectivity index (χ3n) is 4.69. The number of sulfonamides is 1. The minimum atomic E-state index is -3.85. The number of carbonyl (C=O) groups is 2. The molecule has 162 valence electrons. The van der Waals surface area contributed by atoms with Gasteiger partial charge in [-0.3, -0.25) is 14.3 Å². The Morgan fingerprint density at radius 3 is 2.47 bits per heavy atom. The first-order valence-electron chi connectivity index (χ1n) is 9.90. The molecule has 0 heterocycles. The number of benzene rings is 2. The molecule has 0 aromatic heterocycles. The fourth-order valence-electron chi connectivity index (χ4n) is 2.77.